The highest BCUT2D eigenvalue weighted by Gasteiger charge is 2.44. The minimum atomic E-state index is -0.700. The second-order valence-corrected chi connectivity index (χ2v) is 5.96. The van der Waals surface area contributed by atoms with Gasteiger partial charge in [0.1, 0.15) is 5.41 Å². The molecule has 0 saturated carbocycles. The quantitative estimate of drug-likeness (QED) is 0.804. The van der Waals surface area contributed by atoms with E-state index in [2.05, 4.69) is 23.6 Å². The maximum atomic E-state index is 11.5. The lowest BCUT2D eigenvalue weighted by Gasteiger charge is -2.40. The fraction of sp³-hybridized carbons (Fsp3) is 0.929. The Bertz CT molecular complexity index is 308. The lowest BCUT2D eigenvalue weighted by molar-refractivity contribution is -0.150. The number of aliphatic carboxylic acids is 1. The summed E-state index contributed by atoms with van der Waals surface area (Å²) in [6.07, 6.45) is 1.82. The zero-order chi connectivity index (χ0) is 13.9. The summed E-state index contributed by atoms with van der Waals surface area (Å²) >= 11 is 0. The van der Waals surface area contributed by atoms with Gasteiger partial charge in [-0.2, -0.15) is 0 Å². The SMILES string of the molecule is CCC(C)N1CCN(CC2(C(=O)O)CCOC2)CC1. The van der Waals surface area contributed by atoms with E-state index in [0.29, 0.717) is 32.2 Å². The number of ether oxygens (including phenoxy) is 1. The Morgan fingerprint density at radius 2 is 2.05 bits per heavy atom. The van der Waals surface area contributed by atoms with Crippen LogP contribution in [0.5, 0.6) is 0 Å². The molecule has 2 atom stereocenters. The molecule has 110 valence electrons. The van der Waals surface area contributed by atoms with E-state index >= 15 is 0 Å². The van der Waals surface area contributed by atoms with Crippen molar-refractivity contribution >= 4 is 5.97 Å². The average molecular weight is 270 g/mol. The van der Waals surface area contributed by atoms with Crippen LogP contribution in [-0.2, 0) is 9.53 Å². The first-order valence-electron chi connectivity index (χ1n) is 7.35. The smallest absolute Gasteiger partial charge is 0.313 e. The van der Waals surface area contributed by atoms with E-state index in [9.17, 15) is 9.90 Å². The topological polar surface area (TPSA) is 53.0 Å². The zero-order valence-corrected chi connectivity index (χ0v) is 12.1. The highest BCUT2D eigenvalue weighted by Crippen LogP contribution is 2.30. The molecule has 19 heavy (non-hydrogen) atoms. The third kappa shape index (κ3) is 3.27. The summed E-state index contributed by atoms with van der Waals surface area (Å²) in [5.74, 6) is -0.700. The van der Waals surface area contributed by atoms with Crippen molar-refractivity contribution < 1.29 is 14.6 Å². The minimum Gasteiger partial charge on any atom is -0.481 e. The Balaban J connectivity index is 1.86. The molecule has 0 radical (unpaired) electrons. The van der Waals surface area contributed by atoms with Crippen molar-refractivity contribution in [1.82, 2.24) is 9.80 Å². The molecule has 0 amide bonds. The maximum Gasteiger partial charge on any atom is 0.313 e. The fourth-order valence-electron chi connectivity index (χ4n) is 3.02. The molecule has 2 heterocycles. The number of carboxylic acid groups (broad SMARTS) is 1. The van der Waals surface area contributed by atoms with Gasteiger partial charge in [-0.25, -0.2) is 0 Å². The number of hydrogen-bond donors (Lipinski definition) is 1. The lowest BCUT2D eigenvalue weighted by Crippen LogP contribution is -2.53. The molecule has 2 saturated heterocycles. The molecule has 0 aliphatic carbocycles. The van der Waals surface area contributed by atoms with Crippen LogP contribution >= 0.6 is 0 Å². The van der Waals surface area contributed by atoms with E-state index in [0.717, 1.165) is 26.2 Å². The van der Waals surface area contributed by atoms with Crippen molar-refractivity contribution in [2.75, 3.05) is 45.9 Å². The largest absolute Gasteiger partial charge is 0.481 e. The van der Waals surface area contributed by atoms with Crippen LogP contribution < -0.4 is 0 Å². The summed E-state index contributed by atoms with van der Waals surface area (Å²) in [4.78, 5) is 16.3. The van der Waals surface area contributed by atoms with Crippen LogP contribution in [-0.4, -0.2) is 72.9 Å². The third-order valence-corrected chi connectivity index (χ3v) is 4.70. The molecule has 0 aromatic carbocycles. The van der Waals surface area contributed by atoms with Crippen molar-refractivity contribution in [2.24, 2.45) is 5.41 Å². The van der Waals surface area contributed by atoms with Gasteiger partial charge in [0.15, 0.2) is 0 Å². The van der Waals surface area contributed by atoms with Gasteiger partial charge < -0.3 is 9.84 Å². The summed E-state index contributed by atoms with van der Waals surface area (Å²) in [6, 6.07) is 0.630. The zero-order valence-electron chi connectivity index (χ0n) is 12.1. The van der Waals surface area contributed by atoms with Crippen molar-refractivity contribution in [3.8, 4) is 0 Å². The molecule has 5 nitrogen and oxygen atoms in total. The first kappa shape index (κ1) is 14.8. The maximum absolute atomic E-state index is 11.5. The molecule has 2 rings (SSSR count). The molecule has 2 aliphatic rings. The number of piperazine rings is 1. The molecular weight excluding hydrogens is 244 g/mol. The number of nitrogens with zero attached hydrogens (tertiary/aromatic N) is 2. The molecule has 0 aromatic heterocycles. The number of carbonyl (C=O) groups is 1. The fourth-order valence-corrected chi connectivity index (χ4v) is 3.02. The molecule has 0 aromatic rings. The van der Waals surface area contributed by atoms with Gasteiger partial charge in [-0.1, -0.05) is 6.92 Å². The molecule has 0 spiro atoms. The Morgan fingerprint density at radius 1 is 1.37 bits per heavy atom. The Morgan fingerprint density at radius 3 is 2.53 bits per heavy atom. The molecule has 5 heteroatoms. The van der Waals surface area contributed by atoms with Crippen LogP contribution in [0, 0.1) is 5.41 Å². The van der Waals surface area contributed by atoms with E-state index in [-0.39, 0.29) is 0 Å². The predicted octanol–water partition coefficient (Wildman–Crippen LogP) is 0.894. The summed E-state index contributed by atoms with van der Waals surface area (Å²) in [5, 5.41) is 9.46. The number of carboxylic acids is 1. The standard InChI is InChI=1S/C14H26N2O3/c1-3-12(2)16-7-5-15(6-8-16)10-14(13(17)18)4-9-19-11-14/h12H,3-11H2,1-2H3,(H,17,18). The van der Waals surface area contributed by atoms with Crippen LogP contribution in [0.25, 0.3) is 0 Å². The molecule has 2 unspecified atom stereocenters. The molecule has 1 N–H and O–H groups in total. The van der Waals surface area contributed by atoms with E-state index in [1.54, 1.807) is 0 Å². The van der Waals surface area contributed by atoms with Crippen LogP contribution in [0.3, 0.4) is 0 Å². The van der Waals surface area contributed by atoms with E-state index in [4.69, 9.17) is 4.74 Å². The predicted molar refractivity (Wildman–Crippen MR) is 73.3 cm³/mol. The van der Waals surface area contributed by atoms with Gasteiger partial charge in [0.25, 0.3) is 0 Å². The highest BCUT2D eigenvalue weighted by atomic mass is 16.5. The number of rotatable bonds is 5. The average Bonchev–Trinajstić information content (AvgIpc) is 2.88. The Hall–Kier alpha value is -0.650. The minimum absolute atomic E-state index is 0.369. The van der Waals surface area contributed by atoms with Gasteiger partial charge in [-0.15, -0.1) is 0 Å². The van der Waals surface area contributed by atoms with Crippen LogP contribution in [0.2, 0.25) is 0 Å². The second kappa shape index (κ2) is 6.20. The molecular formula is C14H26N2O3. The lowest BCUT2D eigenvalue weighted by atomic mass is 9.86. The third-order valence-electron chi connectivity index (χ3n) is 4.70. The molecule has 2 fully saturated rings. The van der Waals surface area contributed by atoms with Crippen LogP contribution in [0.15, 0.2) is 0 Å². The second-order valence-electron chi connectivity index (χ2n) is 5.96. The van der Waals surface area contributed by atoms with Gasteiger partial charge in [0.2, 0.25) is 0 Å². The van der Waals surface area contributed by atoms with Gasteiger partial charge >= 0.3 is 5.97 Å². The van der Waals surface area contributed by atoms with Crippen molar-refractivity contribution in [3.05, 3.63) is 0 Å². The summed E-state index contributed by atoms with van der Waals surface area (Å²) in [6.45, 7) is 10.1. The highest BCUT2D eigenvalue weighted by molar-refractivity contribution is 5.75. The summed E-state index contributed by atoms with van der Waals surface area (Å²) in [7, 11) is 0. The molecule has 0 bridgehead atoms. The first-order chi connectivity index (χ1) is 9.07. The summed E-state index contributed by atoms with van der Waals surface area (Å²) in [5.41, 5.74) is -0.668. The van der Waals surface area contributed by atoms with E-state index in [1.807, 2.05) is 0 Å². The van der Waals surface area contributed by atoms with Crippen LogP contribution in [0.4, 0.5) is 0 Å². The Labute approximate surface area is 115 Å². The monoisotopic (exact) mass is 270 g/mol. The van der Waals surface area contributed by atoms with Crippen LogP contribution in [0.1, 0.15) is 26.7 Å². The van der Waals surface area contributed by atoms with Crippen molar-refractivity contribution in [2.45, 2.75) is 32.7 Å². The normalized spacial score (nSPS) is 31.5. The Kier molecular flexibility index (Phi) is 4.81. The van der Waals surface area contributed by atoms with E-state index in [1.165, 1.54) is 6.42 Å². The van der Waals surface area contributed by atoms with Crippen molar-refractivity contribution in [3.63, 3.8) is 0 Å². The first-order valence-corrected chi connectivity index (χ1v) is 7.35. The van der Waals surface area contributed by atoms with Gasteiger partial charge in [-0.05, 0) is 19.8 Å². The van der Waals surface area contributed by atoms with Gasteiger partial charge in [0.05, 0.1) is 6.61 Å². The van der Waals surface area contributed by atoms with E-state index < -0.39 is 11.4 Å². The molecule has 2 aliphatic heterocycles. The summed E-state index contributed by atoms with van der Waals surface area (Å²) < 4.78 is 5.32. The van der Waals surface area contributed by atoms with Crippen molar-refractivity contribution in [1.29, 1.82) is 0 Å². The van der Waals surface area contributed by atoms with Gasteiger partial charge in [-0.3, -0.25) is 14.6 Å². The van der Waals surface area contributed by atoms with Gasteiger partial charge in [0, 0.05) is 45.4 Å². The number of hydrogen-bond acceptors (Lipinski definition) is 4.